The molecule has 3 aromatic rings. The second kappa shape index (κ2) is 7.42. The summed E-state index contributed by atoms with van der Waals surface area (Å²) in [6.45, 7) is 9.17. The van der Waals surface area contributed by atoms with Crippen molar-refractivity contribution < 1.29 is 9.47 Å². The van der Waals surface area contributed by atoms with Crippen molar-refractivity contribution in [1.29, 1.82) is 0 Å². The van der Waals surface area contributed by atoms with Crippen LogP contribution >= 0.6 is 0 Å². The normalized spacial score (nSPS) is 23.8. The fourth-order valence-corrected chi connectivity index (χ4v) is 6.57. The summed E-state index contributed by atoms with van der Waals surface area (Å²) >= 11 is 0. The van der Waals surface area contributed by atoms with E-state index in [2.05, 4.69) is 118 Å². The van der Waals surface area contributed by atoms with Crippen molar-refractivity contribution in [3.8, 4) is 11.5 Å². The molecule has 0 saturated heterocycles. The molecule has 4 heteroatoms. The van der Waals surface area contributed by atoms with Crippen LogP contribution in [0, 0.1) is 0 Å². The first-order valence-electron chi connectivity index (χ1n) is 12.6. The average Bonchev–Trinajstić information content (AvgIpc) is 3.17. The molecule has 184 valence electrons. The smallest absolute Gasteiger partial charge is 0.212 e. The van der Waals surface area contributed by atoms with Gasteiger partial charge in [-0.25, -0.2) is 0 Å². The first-order chi connectivity index (χ1) is 17.1. The molecule has 6 rings (SSSR count). The number of allylic oxidation sites excluding steroid dienone is 3. The Bertz CT molecular complexity index is 1450. The van der Waals surface area contributed by atoms with E-state index >= 15 is 0 Å². The van der Waals surface area contributed by atoms with Crippen LogP contribution in [0.2, 0.25) is 0 Å². The van der Waals surface area contributed by atoms with Crippen LogP contribution in [0.3, 0.4) is 0 Å². The lowest BCUT2D eigenvalue weighted by atomic mass is 9.75. The number of rotatable bonds is 2. The van der Waals surface area contributed by atoms with E-state index in [0.717, 1.165) is 22.6 Å². The Hall–Kier alpha value is -3.66. The van der Waals surface area contributed by atoms with Gasteiger partial charge in [0.05, 0.1) is 12.5 Å². The standard InChI is InChI=1S/C32H34N2O2/c1-30(2)23-14-8-10-16-25(23)33(5)28(30)19-21-20-32(36-29-22(21)13-12-18-27(29)35-7)31(3,4)24-15-9-11-17-26(24)34(32)6/h8-20H,1-7H3. The van der Waals surface area contributed by atoms with Gasteiger partial charge in [-0.2, -0.15) is 0 Å². The number of benzene rings is 3. The van der Waals surface area contributed by atoms with Crippen LogP contribution in [0.15, 0.2) is 84.6 Å². The highest BCUT2D eigenvalue weighted by Crippen LogP contribution is 2.57. The zero-order valence-corrected chi connectivity index (χ0v) is 22.2. The molecule has 0 fully saturated rings. The molecular weight excluding hydrogens is 444 g/mol. The summed E-state index contributed by atoms with van der Waals surface area (Å²) in [6.07, 6.45) is 4.68. The summed E-state index contributed by atoms with van der Waals surface area (Å²) in [4.78, 5) is 4.62. The molecule has 0 radical (unpaired) electrons. The van der Waals surface area contributed by atoms with Crippen molar-refractivity contribution in [3.63, 3.8) is 0 Å². The fourth-order valence-electron chi connectivity index (χ4n) is 6.57. The van der Waals surface area contributed by atoms with Crippen LogP contribution < -0.4 is 19.3 Å². The van der Waals surface area contributed by atoms with Crippen molar-refractivity contribution >= 4 is 16.9 Å². The predicted octanol–water partition coefficient (Wildman–Crippen LogP) is 6.91. The lowest BCUT2D eigenvalue weighted by Crippen LogP contribution is -2.58. The van der Waals surface area contributed by atoms with Gasteiger partial charge in [-0.05, 0) is 60.9 Å². The molecule has 4 nitrogen and oxygen atoms in total. The summed E-state index contributed by atoms with van der Waals surface area (Å²) in [5.74, 6) is 1.54. The number of nitrogens with zero attached hydrogens (tertiary/aromatic N) is 2. The first-order valence-corrected chi connectivity index (χ1v) is 12.6. The molecular formula is C32H34N2O2. The topological polar surface area (TPSA) is 24.9 Å². The second-order valence-electron chi connectivity index (χ2n) is 11.2. The van der Waals surface area contributed by atoms with E-state index in [1.807, 2.05) is 12.1 Å². The Labute approximate surface area is 214 Å². The van der Waals surface area contributed by atoms with Gasteiger partial charge in [-0.15, -0.1) is 0 Å². The molecule has 0 aliphatic carbocycles. The molecule has 3 heterocycles. The Morgan fingerprint density at radius 2 is 1.47 bits per heavy atom. The van der Waals surface area contributed by atoms with E-state index in [1.165, 1.54) is 28.2 Å². The summed E-state index contributed by atoms with van der Waals surface area (Å²) in [5.41, 5.74) is 7.38. The third-order valence-corrected chi connectivity index (χ3v) is 8.68. The number of para-hydroxylation sites is 3. The minimum atomic E-state index is -0.709. The maximum absolute atomic E-state index is 7.03. The fraction of sp³-hybridized carbons (Fsp3) is 0.312. The van der Waals surface area contributed by atoms with Gasteiger partial charge in [-0.3, -0.25) is 0 Å². The van der Waals surface area contributed by atoms with Gasteiger partial charge in [0, 0.05) is 42.1 Å². The molecule has 3 aromatic carbocycles. The molecule has 0 N–H and O–H groups in total. The van der Waals surface area contributed by atoms with Crippen LogP contribution in [-0.4, -0.2) is 26.9 Å². The molecule has 36 heavy (non-hydrogen) atoms. The number of methoxy groups -OCH3 is 1. The third kappa shape index (κ3) is 2.76. The van der Waals surface area contributed by atoms with Crippen LogP contribution in [0.5, 0.6) is 11.5 Å². The van der Waals surface area contributed by atoms with E-state index in [0.29, 0.717) is 0 Å². The number of hydrogen-bond donors (Lipinski definition) is 0. The van der Waals surface area contributed by atoms with Crippen molar-refractivity contribution in [1.82, 2.24) is 0 Å². The van der Waals surface area contributed by atoms with Gasteiger partial charge in [0.15, 0.2) is 11.5 Å². The highest BCUT2D eigenvalue weighted by Gasteiger charge is 2.58. The lowest BCUT2D eigenvalue weighted by Gasteiger charge is -2.47. The maximum atomic E-state index is 7.03. The molecule has 3 aliphatic rings. The van der Waals surface area contributed by atoms with Gasteiger partial charge in [-0.1, -0.05) is 62.4 Å². The zero-order chi connectivity index (χ0) is 25.5. The molecule has 1 atom stereocenters. The van der Waals surface area contributed by atoms with Crippen molar-refractivity contribution in [2.75, 3.05) is 31.0 Å². The third-order valence-electron chi connectivity index (χ3n) is 8.68. The minimum absolute atomic E-state index is 0.128. The summed E-state index contributed by atoms with van der Waals surface area (Å²) in [7, 11) is 6.02. The lowest BCUT2D eigenvalue weighted by molar-refractivity contribution is 0.0546. The van der Waals surface area contributed by atoms with E-state index < -0.39 is 5.72 Å². The average molecular weight is 479 g/mol. The van der Waals surface area contributed by atoms with Crippen LogP contribution in [0.25, 0.3) is 5.57 Å². The van der Waals surface area contributed by atoms with Crippen LogP contribution in [0.4, 0.5) is 11.4 Å². The Morgan fingerprint density at radius 1 is 0.806 bits per heavy atom. The molecule has 0 amide bonds. The SMILES string of the molecule is COc1cccc2c1OC1(C=C2C=C2N(C)c3ccccc3C2(C)C)N(C)c2ccccc2C1(C)C. The van der Waals surface area contributed by atoms with Crippen molar-refractivity contribution in [3.05, 3.63) is 101 Å². The molecule has 1 spiro atoms. The zero-order valence-electron chi connectivity index (χ0n) is 22.2. The van der Waals surface area contributed by atoms with Gasteiger partial charge in [0.2, 0.25) is 5.72 Å². The molecule has 3 aliphatic heterocycles. The summed E-state index contributed by atoms with van der Waals surface area (Å²) < 4.78 is 12.9. The first kappa shape index (κ1) is 22.8. The quantitative estimate of drug-likeness (QED) is 0.400. The van der Waals surface area contributed by atoms with Crippen LogP contribution in [-0.2, 0) is 10.8 Å². The number of ether oxygens (including phenoxy) is 2. The summed E-state index contributed by atoms with van der Waals surface area (Å²) in [6, 6.07) is 23.5. The number of anilines is 2. The van der Waals surface area contributed by atoms with Crippen LogP contribution in [0.1, 0.15) is 44.4 Å². The number of likely N-dealkylation sites (N-methyl/N-ethyl adjacent to an activating group) is 2. The van der Waals surface area contributed by atoms with Gasteiger partial charge >= 0.3 is 0 Å². The minimum Gasteiger partial charge on any atom is -0.493 e. The van der Waals surface area contributed by atoms with E-state index in [1.54, 1.807) is 7.11 Å². The van der Waals surface area contributed by atoms with E-state index in [9.17, 15) is 0 Å². The van der Waals surface area contributed by atoms with Crippen molar-refractivity contribution in [2.24, 2.45) is 0 Å². The van der Waals surface area contributed by atoms with Gasteiger partial charge in [0.1, 0.15) is 0 Å². The maximum Gasteiger partial charge on any atom is 0.212 e. The molecule has 0 saturated carbocycles. The highest BCUT2D eigenvalue weighted by atomic mass is 16.5. The van der Waals surface area contributed by atoms with Crippen molar-refractivity contribution in [2.45, 2.75) is 44.2 Å². The Morgan fingerprint density at radius 3 is 2.14 bits per heavy atom. The Balaban J connectivity index is 1.61. The highest BCUT2D eigenvalue weighted by molar-refractivity contribution is 5.87. The predicted molar refractivity (Wildman–Crippen MR) is 148 cm³/mol. The number of hydrogen-bond acceptors (Lipinski definition) is 4. The molecule has 1 unspecified atom stereocenters. The van der Waals surface area contributed by atoms with Gasteiger partial charge < -0.3 is 19.3 Å². The summed E-state index contributed by atoms with van der Waals surface area (Å²) in [5, 5.41) is 0. The molecule has 0 bridgehead atoms. The van der Waals surface area contributed by atoms with Gasteiger partial charge in [0.25, 0.3) is 0 Å². The number of fused-ring (bicyclic) bond motifs is 3. The van der Waals surface area contributed by atoms with E-state index in [4.69, 9.17) is 9.47 Å². The molecule has 0 aromatic heterocycles. The second-order valence-corrected chi connectivity index (χ2v) is 11.2. The Kier molecular flexibility index (Phi) is 4.70. The monoisotopic (exact) mass is 478 g/mol. The van der Waals surface area contributed by atoms with E-state index in [-0.39, 0.29) is 10.8 Å². The largest absolute Gasteiger partial charge is 0.493 e.